The van der Waals surface area contributed by atoms with Gasteiger partial charge >= 0.3 is 0 Å². The Hall–Kier alpha value is -1.85. The molecule has 3 heteroatoms. The van der Waals surface area contributed by atoms with Crippen LogP contribution >= 0.6 is 12.4 Å². The number of hydrogen-bond donors (Lipinski definition) is 0. The maximum Gasteiger partial charge on any atom is 0.205 e. The van der Waals surface area contributed by atoms with Crippen LogP contribution in [0.2, 0.25) is 0 Å². The third-order valence-corrected chi connectivity index (χ3v) is 2.07. The molecule has 2 nitrogen and oxygen atoms in total. The minimum absolute atomic E-state index is 0. The molecule has 1 aromatic heterocycles. The van der Waals surface area contributed by atoms with Crippen molar-refractivity contribution < 1.29 is 0 Å². The summed E-state index contributed by atoms with van der Waals surface area (Å²) < 4.78 is 0. The van der Waals surface area contributed by atoms with Crippen molar-refractivity contribution in [1.82, 2.24) is 9.97 Å². The van der Waals surface area contributed by atoms with Crippen LogP contribution in [0, 0.1) is 25.7 Å². The average molecular weight is 245 g/mol. The van der Waals surface area contributed by atoms with Crippen molar-refractivity contribution >= 4 is 12.4 Å². The van der Waals surface area contributed by atoms with Crippen LogP contribution in [0.4, 0.5) is 0 Å². The second-order valence-corrected chi connectivity index (χ2v) is 3.59. The fraction of sp³-hybridized carbons (Fsp3) is 0.143. The van der Waals surface area contributed by atoms with Gasteiger partial charge in [0.2, 0.25) is 5.82 Å². The van der Waals surface area contributed by atoms with Gasteiger partial charge in [0.1, 0.15) is 0 Å². The lowest BCUT2D eigenvalue weighted by atomic mass is 10.2. The molecule has 2 aromatic rings. The van der Waals surface area contributed by atoms with Crippen LogP contribution in [0.1, 0.15) is 22.8 Å². The summed E-state index contributed by atoms with van der Waals surface area (Å²) in [6.07, 6.45) is 0. The van der Waals surface area contributed by atoms with Crippen molar-refractivity contribution in [3.63, 3.8) is 0 Å². The maximum absolute atomic E-state index is 4.26. The molecule has 2 rings (SSSR count). The van der Waals surface area contributed by atoms with Crippen LogP contribution in [0.5, 0.6) is 0 Å². The summed E-state index contributed by atoms with van der Waals surface area (Å²) in [6, 6.07) is 11.8. The Bertz CT molecular complexity index is 533. The zero-order chi connectivity index (χ0) is 11.4. The Kier molecular flexibility index (Phi) is 4.68. The van der Waals surface area contributed by atoms with Crippen LogP contribution in [0.25, 0.3) is 0 Å². The number of halogens is 1. The van der Waals surface area contributed by atoms with Gasteiger partial charge in [-0.2, -0.15) is 0 Å². The largest absolute Gasteiger partial charge is 0.226 e. The number of aryl methyl sites for hydroxylation is 2. The predicted molar refractivity (Wildman–Crippen MR) is 71.2 cm³/mol. The highest BCUT2D eigenvalue weighted by atomic mass is 35.5. The van der Waals surface area contributed by atoms with E-state index in [1.54, 1.807) is 0 Å². The van der Waals surface area contributed by atoms with Gasteiger partial charge in [-0.05, 0) is 38.0 Å². The van der Waals surface area contributed by atoms with E-state index in [2.05, 4.69) is 21.8 Å². The minimum atomic E-state index is 0. The third kappa shape index (κ3) is 3.90. The van der Waals surface area contributed by atoms with Crippen LogP contribution in [-0.2, 0) is 0 Å². The van der Waals surface area contributed by atoms with Crippen molar-refractivity contribution in [1.29, 1.82) is 0 Å². The van der Waals surface area contributed by atoms with E-state index >= 15 is 0 Å². The van der Waals surface area contributed by atoms with Gasteiger partial charge in [-0.1, -0.05) is 24.1 Å². The first-order chi connectivity index (χ1) is 7.74. The third-order valence-electron chi connectivity index (χ3n) is 2.07. The van der Waals surface area contributed by atoms with E-state index in [1.165, 1.54) is 0 Å². The van der Waals surface area contributed by atoms with Crippen LogP contribution in [-0.4, -0.2) is 9.97 Å². The fourth-order valence-electron chi connectivity index (χ4n) is 1.43. The molecule has 0 N–H and O–H groups in total. The van der Waals surface area contributed by atoms with Crippen molar-refractivity contribution in [2.45, 2.75) is 13.8 Å². The molecule has 0 aliphatic carbocycles. The molecule has 0 spiro atoms. The van der Waals surface area contributed by atoms with Crippen molar-refractivity contribution in [2.24, 2.45) is 0 Å². The first-order valence-corrected chi connectivity index (χ1v) is 5.13. The zero-order valence-corrected chi connectivity index (χ0v) is 10.6. The summed E-state index contributed by atoms with van der Waals surface area (Å²) in [5, 5.41) is 0. The van der Waals surface area contributed by atoms with E-state index in [4.69, 9.17) is 0 Å². The molecule has 17 heavy (non-hydrogen) atoms. The number of hydrogen-bond acceptors (Lipinski definition) is 2. The topological polar surface area (TPSA) is 25.8 Å². The molecule has 0 saturated carbocycles. The molecule has 0 bridgehead atoms. The summed E-state index contributed by atoms with van der Waals surface area (Å²) in [6.45, 7) is 3.89. The highest BCUT2D eigenvalue weighted by molar-refractivity contribution is 5.85. The summed E-state index contributed by atoms with van der Waals surface area (Å²) in [7, 11) is 0. The van der Waals surface area contributed by atoms with E-state index in [-0.39, 0.29) is 12.4 Å². The highest BCUT2D eigenvalue weighted by Crippen LogP contribution is 1.99. The number of rotatable bonds is 0. The number of nitrogens with zero attached hydrogens (tertiary/aromatic N) is 2. The molecule has 1 heterocycles. The summed E-state index contributed by atoms with van der Waals surface area (Å²) in [5.74, 6) is 6.60. The van der Waals surface area contributed by atoms with E-state index in [1.807, 2.05) is 50.2 Å². The second kappa shape index (κ2) is 6.03. The molecule has 0 saturated heterocycles. The van der Waals surface area contributed by atoms with Gasteiger partial charge < -0.3 is 0 Å². The first kappa shape index (κ1) is 13.2. The summed E-state index contributed by atoms with van der Waals surface area (Å²) >= 11 is 0. The van der Waals surface area contributed by atoms with E-state index in [0.29, 0.717) is 5.82 Å². The normalized spacial score (nSPS) is 8.82. The second-order valence-electron chi connectivity index (χ2n) is 3.59. The molecule has 0 aliphatic heterocycles. The van der Waals surface area contributed by atoms with Crippen molar-refractivity contribution in [3.05, 3.63) is 59.2 Å². The Morgan fingerprint density at radius 3 is 2.06 bits per heavy atom. The fourth-order valence-corrected chi connectivity index (χ4v) is 1.43. The van der Waals surface area contributed by atoms with E-state index in [9.17, 15) is 0 Å². The van der Waals surface area contributed by atoms with Crippen LogP contribution in [0.3, 0.4) is 0 Å². The quantitative estimate of drug-likeness (QED) is 0.666. The first-order valence-electron chi connectivity index (χ1n) is 5.13. The SMILES string of the molecule is Cc1cc(C)nc(C#Cc2ccccc2)n1.Cl. The van der Waals surface area contributed by atoms with E-state index in [0.717, 1.165) is 17.0 Å². The monoisotopic (exact) mass is 244 g/mol. The molecule has 1 aromatic carbocycles. The van der Waals surface area contributed by atoms with Crippen LogP contribution < -0.4 is 0 Å². The lowest BCUT2D eigenvalue weighted by Crippen LogP contribution is -1.94. The lowest BCUT2D eigenvalue weighted by Gasteiger charge is -1.95. The Morgan fingerprint density at radius 1 is 0.882 bits per heavy atom. The van der Waals surface area contributed by atoms with Crippen molar-refractivity contribution in [2.75, 3.05) is 0 Å². The molecular weight excluding hydrogens is 232 g/mol. The minimum Gasteiger partial charge on any atom is -0.226 e. The smallest absolute Gasteiger partial charge is 0.205 e. The molecule has 0 unspecified atom stereocenters. The molecule has 0 fully saturated rings. The summed E-state index contributed by atoms with van der Waals surface area (Å²) in [5.41, 5.74) is 2.87. The van der Waals surface area contributed by atoms with Gasteiger partial charge in [-0.25, -0.2) is 9.97 Å². The summed E-state index contributed by atoms with van der Waals surface area (Å²) in [4.78, 5) is 8.53. The molecular formula is C14H13ClN2. The molecule has 86 valence electrons. The lowest BCUT2D eigenvalue weighted by molar-refractivity contribution is 1.03. The van der Waals surface area contributed by atoms with Gasteiger partial charge in [0, 0.05) is 17.0 Å². The number of aromatic nitrogens is 2. The maximum atomic E-state index is 4.26. The molecule has 0 radical (unpaired) electrons. The van der Waals surface area contributed by atoms with Gasteiger partial charge in [-0.15, -0.1) is 12.4 Å². The van der Waals surface area contributed by atoms with E-state index < -0.39 is 0 Å². The average Bonchev–Trinajstić information content (AvgIpc) is 2.27. The standard InChI is InChI=1S/C14H12N2.ClH/c1-11-10-12(2)16-14(15-11)9-8-13-6-4-3-5-7-13;/h3-7,10H,1-2H3;1H. The zero-order valence-electron chi connectivity index (χ0n) is 9.77. The predicted octanol–water partition coefficient (Wildman–Crippen LogP) is 2.92. The molecule has 0 atom stereocenters. The van der Waals surface area contributed by atoms with Crippen LogP contribution in [0.15, 0.2) is 36.4 Å². The van der Waals surface area contributed by atoms with Crippen molar-refractivity contribution in [3.8, 4) is 11.8 Å². The Balaban J connectivity index is 0.00000144. The van der Waals surface area contributed by atoms with Gasteiger partial charge in [0.05, 0.1) is 0 Å². The van der Waals surface area contributed by atoms with Gasteiger partial charge in [0.15, 0.2) is 0 Å². The molecule has 0 amide bonds. The van der Waals surface area contributed by atoms with Gasteiger partial charge in [-0.3, -0.25) is 0 Å². The Labute approximate surface area is 108 Å². The molecule has 0 aliphatic rings. The van der Waals surface area contributed by atoms with Gasteiger partial charge in [0.25, 0.3) is 0 Å². The number of benzene rings is 1. The highest BCUT2D eigenvalue weighted by Gasteiger charge is 1.94. The Morgan fingerprint density at radius 2 is 1.47 bits per heavy atom.